The molecule has 0 N–H and O–H groups in total. The summed E-state index contributed by atoms with van der Waals surface area (Å²) in [4.78, 5) is 15.0. The molecule has 1 aromatic rings. The van der Waals surface area contributed by atoms with E-state index in [1.807, 2.05) is 0 Å². The van der Waals surface area contributed by atoms with Gasteiger partial charge in [0.25, 0.3) is 5.56 Å². The first-order valence-electron chi connectivity index (χ1n) is 5.18. The number of ether oxygens (including phenoxy) is 2. The monoisotopic (exact) mass is 286 g/mol. The lowest BCUT2D eigenvalue weighted by Gasteiger charge is -2.23. The predicted octanol–water partition coefficient (Wildman–Crippen LogP) is 1.08. The molecule has 5 nitrogen and oxygen atoms in total. The van der Waals surface area contributed by atoms with E-state index in [9.17, 15) is 4.79 Å². The zero-order valence-corrected chi connectivity index (χ0v) is 10.1. The van der Waals surface area contributed by atoms with E-state index in [-0.39, 0.29) is 17.4 Å². The highest BCUT2D eigenvalue weighted by atomic mass is 79.9. The fraction of sp³-hybridized carbons (Fsp3) is 0.600. The average Bonchev–Trinajstić information content (AvgIpc) is 2.64. The Morgan fingerprint density at radius 3 is 3.38 bits per heavy atom. The molecule has 0 saturated carbocycles. The first-order chi connectivity index (χ1) is 7.72. The summed E-state index contributed by atoms with van der Waals surface area (Å²) in [6.07, 6.45) is 3.49. The van der Waals surface area contributed by atoms with Crippen LogP contribution >= 0.6 is 15.9 Å². The zero-order valence-electron chi connectivity index (χ0n) is 8.56. The molecule has 2 aliphatic rings. The number of hydrogen-bond donors (Lipinski definition) is 0. The summed E-state index contributed by atoms with van der Waals surface area (Å²) in [5.41, 5.74) is -0.557. The van der Waals surface area contributed by atoms with Crippen molar-refractivity contribution in [2.45, 2.75) is 24.7 Å². The van der Waals surface area contributed by atoms with Gasteiger partial charge in [-0.05, 0) is 12.8 Å². The van der Waals surface area contributed by atoms with Gasteiger partial charge in [-0.1, -0.05) is 15.9 Å². The van der Waals surface area contributed by atoms with Gasteiger partial charge in [0.2, 0.25) is 0 Å². The minimum atomic E-state index is -0.281. The molecule has 1 fully saturated rings. The number of fused-ring (bicyclic) bond motifs is 4. The molecule has 0 spiro atoms. The van der Waals surface area contributed by atoms with E-state index in [4.69, 9.17) is 9.47 Å². The summed E-state index contributed by atoms with van der Waals surface area (Å²) >= 11 is 3.45. The van der Waals surface area contributed by atoms with E-state index in [0.29, 0.717) is 12.6 Å². The Bertz CT molecular complexity index is 475. The second kappa shape index (κ2) is 3.56. The van der Waals surface area contributed by atoms with Gasteiger partial charge in [-0.15, -0.1) is 0 Å². The third-order valence-corrected chi connectivity index (χ3v) is 4.08. The Labute approximate surface area is 101 Å². The second-order valence-electron chi connectivity index (χ2n) is 4.17. The van der Waals surface area contributed by atoms with Gasteiger partial charge in [-0.2, -0.15) is 4.98 Å². The van der Waals surface area contributed by atoms with E-state index >= 15 is 0 Å². The Balaban J connectivity index is 2.05. The molecule has 16 heavy (non-hydrogen) atoms. The summed E-state index contributed by atoms with van der Waals surface area (Å²) in [6.45, 7) is 0.436. The molecule has 0 radical (unpaired) electrons. The number of nitrogens with zero attached hydrogens (tertiary/aromatic N) is 2. The smallest absolute Gasteiger partial charge is 0.301 e. The molecule has 1 saturated heterocycles. The Kier molecular flexibility index (Phi) is 2.29. The maximum absolute atomic E-state index is 11.2. The van der Waals surface area contributed by atoms with E-state index in [2.05, 4.69) is 20.9 Å². The number of aromatic nitrogens is 2. The minimum Gasteiger partial charge on any atom is -0.461 e. The van der Waals surface area contributed by atoms with Crippen molar-refractivity contribution in [3.8, 4) is 6.01 Å². The topological polar surface area (TPSA) is 53.4 Å². The van der Waals surface area contributed by atoms with Gasteiger partial charge in [-0.25, -0.2) is 0 Å². The van der Waals surface area contributed by atoms with Gasteiger partial charge in [0.15, 0.2) is 0 Å². The van der Waals surface area contributed by atoms with E-state index < -0.39 is 0 Å². The molecular weight excluding hydrogens is 276 g/mol. The van der Waals surface area contributed by atoms with Gasteiger partial charge in [0.05, 0.1) is 0 Å². The third-order valence-electron chi connectivity index (χ3n) is 3.06. The molecule has 0 amide bonds. The van der Waals surface area contributed by atoms with Crippen LogP contribution in [0.4, 0.5) is 0 Å². The Morgan fingerprint density at radius 1 is 1.69 bits per heavy atom. The first-order valence-corrected chi connectivity index (χ1v) is 6.30. The van der Waals surface area contributed by atoms with E-state index in [1.54, 1.807) is 10.8 Å². The first kappa shape index (κ1) is 10.3. The minimum absolute atomic E-state index is 0.0665. The highest BCUT2D eigenvalue weighted by Crippen LogP contribution is 2.41. The lowest BCUT2D eigenvalue weighted by Crippen LogP contribution is -2.36. The number of halogens is 1. The normalized spacial score (nSPS) is 31.7. The van der Waals surface area contributed by atoms with Gasteiger partial charge in [0, 0.05) is 17.6 Å². The van der Waals surface area contributed by atoms with Crippen molar-refractivity contribution in [3.63, 3.8) is 0 Å². The zero-order chi connectivity index (χ0) is 11.2. The summed E-state index contributed by atoms with van der Waals surface area (Å²) in [6, 6.07) is 1.79. The Morgan fingerprint density at radius 2 is 2.56 bits per heavy atom. The number of alkyl halides is 1. The van der Waals surface area contributed by atoms with Crippen molar-refractivity contribution in [3.05, 3.63) is 22.6 Å². The second-order valence-corrected chi connectivity index (χ2v) is 4.73. The van der Waals surface area contributed by atoms with Crippen LogP contribution in [0.5, 0.6) is 6.01 Å². The van der Waals surface area contributed by atoms with Crippen molar-refractivity contribution >= 4 is 15.9 Å². The molecular formula is C10H11BrN2O3. The van der Waals surface area contributed by atoms with Crippen molar-refractivity contribution in [1.29, 1.82) is 0 Å². The van der Waals surface area contributed by atoms with Crippen molar-refractivity contribution < 1.29 is 9.47 Å². The van der Waals surface area contributed by atoms with Crippen LogP contribution in [0, 0.1) is 0 Å². The van der Waals surface area contributed by atoms with Crippen molar-refractivity contribution in [2.75, 3.05) is 11.9 Å². The average molecular weight is 287 g/mol. The van der Waals surface area contributed by atoms with Crippen LogP contribution in [0.3, 0.4) is 0 Å². The summed E-state index contributed by atoms with van der Waals surface area (Å²) in [7, 11) is 0. The third kappa shape index (κ3) is 1.48. The Hall–Kier alpha value is -0.880. The summed E-state index contributed by atoms with van der Waals surface area (Å²) in [5, 5.41) is 0.731. The molecule has 3 rings (SSSR count). The summed E-state index contributed by atoms with van der Waals surface area (Å²) < 4.78 is 13.3. The molecule has 6 heteroatoms. The standard InChI is InChI=1S/C10H11BrN2O3/c11-5-10-3-1-8(16-10)13-4-2-7(14)12-9(13)15-6-10/h2,4,8H,1,3,5-6H2/t8-,10-/m1/s1. The van der Waals surface area contributed by atoms with Gasteiger partial charge < -0.3 is 9.47 Å². The molecule has 0 aliphatic carbocycles. The molecule has 2 bridgehead atoms. The van der Waals surface area contributed by atoms with E-state index in [0.717, 1.165) is 18.2 Å². The van der Waals surface area contributed by atoms with Crippen molar-refractivity contribution in [2.24, 2.45) is 0 Å². The van der Waals surface area contributed by atoms with Gasteiger partial charge in [-0.3, -0.25) is 9.36 Å². The highest BCUT2D eigenvalue weighted by molar-refractivity contribution is 9.09. The maximum Gasteiger partial charge on any atom is 0.301 e. The van der Waals surface area contributed by atoms with Crippen LogP contribution in [0.25, 0.3) is 0 Å². The molecule has 3 heterocycles. The van der Waals surface area contributed by atoms with Crippen LogP contribution in [0.15, 0.2) is 17.1 Å². The predicted molar refractivity (Wildman–Crippen MR) is 59.9 cm³/mol. The maximum atomic E-state index is 11.2. The van der Waals surface area contributed by atoms with Gasteiger partial charge in [0.1, 0.15) is 18.4 Å². The molecule has 86 valence electrons. The van der Waals surface area contributed by atoms with E-state index in [1.165, 1.54) is 6.07 Å². The molecule has 2 aliphatic heterocycles. The highest BCUT2D eigenvalue weighted by Gasteiger charge is 2.44. The van der Waals surface area contributed by atoms with Crippen LogP contribution in [0.2, 0.25) is 0 Å². The largest absolute Gasteiger partial charge is 0.461 e. The summed E-state index contributed by atoms with van der Waals surface area (Å²) in [5.74, 6) is 0. The lowest BCUT2D eigenvalue weighted by molar-refractivity contribution is -0.0587. The fourth-order valence-corrected chi connectivity index (χ4v) is 2.73. The van der Waals surface area contributed by atoms with Crippen LogP contribution < -0.4 is 10.3 Å². The molecule has 0 unspecified atom stereocenters. The van der Waals surface area contributed by atoms with Crippen LogP contribution in [-0.2, 0) is 4.74 Å². The van der Waals surface area contributed by atoms with Crippen LogP contribution in [-0.4, -0.2) is 27.1 Å². The quantitative estimate of drug-likeness (QED) is 0.725. The fourth-order valence-electron chi connectivity index (χ4n) is 2.15. The molecule has 2 atom stereocenters. The van der Waals surface area contributed by atoms with Crippen LogP contribution in [0.1, 0.15) is 19.1 Å². The molecule has 0 aromatic carbocycles. The SMILES string of the molecule is O=c1ccn2c(n1)OC[C@]1(CBr)CC[C@H]2O1. The lowest BCUT2D eigenvalue weighted by atomic mass is 10.0. The van der Waals surface area contributed by atoms with Gasteiger partial charge >= 0.3 is 6.01 Å². The molecule has 1 aromatic heterocycles. The van der Waals surface area contributed by atoms with Crippen molar-refractivity contribution in [1.82, 2.24) is 9.55 Å². The number of hydrogen-bond acceptors (Lipinski definition) is 4. The number of rotatable bonds is 1.